The van der Waals surface area contributed by atoms with Crippen LogP contribution in [0.25, 0.3) is 0 Å². The van der Waals surface area contributed by atoms with Crippen molar-refractivity contribution in [2.24, 2.45) is 0 Å². The van der Waals surface area contributed by atoms with Crippen molar-refractivity contribution in [2.45, 2.75) is 48.4 Å². The number of benzene rings is 1. The van der Waals surface area contributed by atoms with Crippen LogP contribution in [0.2, 0.25) is 0 Å². The zero-order valence-electron chi connectivity index (χ0n) is 12.0. The van der Waals surface area contributed by atoms with Crippen molar-refractivity contribution in [1.29, 1.82) is 0 Å². The van der Waals surface area contributed by atoms with E-state index in [-0.39, 0.29) is 12.6 Å². The highest BCUT2D eigenvalue weighted by atomic mass is 79.9. The van der Waals surface area contributed by atoms with Crippen LogP contribution in [0.15, 0.2) is 29.2 Å². The summed E-state index contributed by atoms with van der Waals surface area (Å²) in [4.78, 5) is 10.7. The first kappa shape index (κ1) is 16.6. The number of hydrogen-bond donors (Lipinski definition) is 0. The SMILES string of the molecule is Cc1ccc(S(=O)(=O)N(CC(Br)C=O)C2CCCC2)cc1. The molecule has 1 aromatic carbocycles. The molecule has 1 aliphatic rings. The molecular weight excluding hydrogens is 354 g/mol. The maximum Gasteiger partial charge on any atom is 0.243 e. The van der Waals surface area contributed by atoms with Crippen LogP contribution < -0.4 is 0 Å². The zero-order chi connectivity index (χ0) is 15.5. The Balaban J connectivity index is 2.33. The van der Waals surface area contributed by atoms with E-state index >= 15 is 0 Å². The molecule has 1 atom stereocenters. The molecule has 1 unspecified atom stereocenters. The molecule has 0 amide bonds. The van der Waals surface area contributed by atoms with E-state index in [1.165, 1.54) is 4.31 Å². The molecule has 1 aromatic rings. The van der Waals surface area contributed by atoms with Gasteiger partial charge in [-0.25, -0.2) is 8.42 Å². The Kier molecular flexibility index (Phi) is 5.57. The molecule has 116 valence electrons. The Morgan fingerprint density at radius 1 is 1.29 bits per heavy atom. The molecule has 0 radical (unpaired) electrons. The highest BCUT2D eigenvalue weighted by molar-refractivity contribution is 9.10. The van der Waals surface area contributed by atoms with E-state index in [1.807, 2.05) is 6.92 Å². The normalized spacial score (nSPS) is 18.0. The Labute approximate surface area is 134 Å². The maximum absolute atomic E-state index is 12.9. The average molecular weight is 374 g/mol. The lowest BCUT2D eigenvalue weighted by Crippen LogP contribution is -2.42. The number of alkyl halides is 1. The predicted octanol–water partition coefficient (Wildman–Crippen LogP) is 2.89. The minimum Gasteiger partial charge on any atom is -0.302 e. The highest BCUT2D eigenvalue weighted by Gasteiger charge is 2.34. The van der Waals surface area contributed by atoms with Gasteiger partial charge in [-0.3, -0.25) is 0 Å². The second kappa shape index (κ2) is 7.03. The Morgan fingerprint density at radius 2 is 1.86 bits per heavy atom. The van der Waals surface area contributed by atoms with Gasteiger partial charge in [0, 0.05) is 12.6 Å². The van der Waals surface area contributed by atoms with Gasteiger partial charge in [0.2, 0.25) is 10.0 Å². The molecule has 0 N–H and O–H groups in total. The zero-order valence-corrected chi connectivity index (χ0v) is 14.4. The second-order valence-electron chi connectivity index (χ2n) is 5.48. The van der Waals surface area contributed by atoms with Crippen LogP contribution in [0.3, 0.4) is 0 Å². The summed E-state index contributed by atoms with van der Waals surface area (Å²) in [6.07, 6.45) is 4.55. The van der Waals surface area contributed by atoms with E-state index < -0.39 is 14.9 Å². The van der Waals surface area contributed by atoms with Gasteiger partial charge in [-0.05, 0) is 31.9 Å². The lowest BCUT2D eigenvalue weighted by Gasteiger charge is -2.28. The molecule has 0 bridgehead atoms. The third-order valence-electron chi connectivity index (χ3n) is 3.86. The molecule has 0 spiro atoms. The van der Waals surface area contributed by atoms with E-state index in [1.54, 1.807) is 24.3 Å². The molecule has 0 heterocycles. The van der Waals surface area contributed by atoms with Gasteiger partial charge in [-0.15, -0.1) is 0 Å². The van der Waals surface area contributed by atoms with Crippen molar-refractivity contribution in [3.8, 4) is 0 Å². The first-order valence-corrected chi connectivity index (χ1v) is 9.48. The molecule has 1 fully saturated rings. The lowest BCUT2D eigenvalue weighted by atomic mass is 10.2. The minimum atomic E-state index is -3.56. The Bertz CT molecular complexity index is 579. The van der Waals surface area contributed by atoms with Gasteiger partial charge >= 0.3 is 0 Å². The summed E-state index contributed by atoms with van der Waals surface area (Å²) >= 11 is 3.23. The lowest BCUT2D eigenvalue weighted by molar-refractivity contribution is -0.107. The fourth-order valence-electron chi connectivity index (χ4n) is 2.70. The van der Waals surface area contributed by atoms with Crippen LogP contribution in [0.4, 0.5) is 0 Å². The molecule has 4 nitrogen and oxygen atoms in total. The molecule has 6 heteroatoms. The van der Waals surface area contributed by atoms with Crippen molar-refractivity contribution < 1.29 is 13.2 Å². The molecular formula is C15H20BrNO3S. The number of carbonyl (C=O) groups is 1. The van der Waals surface area contributed by atoms with Crippen LogP contribution in [-0.4, -0.2) is 36.4 Å². The summed E-state index contributed by atoms with van der Waals surface area (Å²) in [5, 5.41) is 0. The number of nitrogens with zero attached hydrogens (tertiary/aromatic N) is 1. The van der Waals surface area contributed by atoms with Gasteiger partial charge in [-0.2, -0.15) is 4.31 Å². The van der Waals surface area contributed by atoms with Crippen molar-refractivity contribution in [2.75, 3.05) is 6.54 Å². The fourth-order valence-corrected chi connectivity index (χ4v) is 4.91. The molecule has 21 heavy (non-hydrogen) atoms. The van der Waals surface area contributed by atoms with E-state index in [9.17, 15) is 13.2 Å². The Hall–Kier alpha value is -0.720. The van der Waals surface area contributed by atoms with E-state index in [0.717, 1.165) is 37.5 Å². The number of aldehydes is 1. The smallest absolute Gasteiger partial charge is 0.243 e. The molecule has 0 aromatic heterocycles. The number of halogens is 1. The summed E-state index contributed by atoms with van der Waals surface area (Å²) in [7, 11) is -3.56. The van der Waals surface area contributed by atoms with Crippen molar-refractivity contribution >= 4 is 32.2 Å². The van der Waals surface area contributed by atoms with Gasteiger partial charge in [0.05, 0.1) is 9.72 Å². The number of aryl methyl sites for hydroxylation is 1. The van der Waals surface area contributed by atoms with Crippen molar-refractivity contribution in [3.63, 3.8) is 0 Å². The van der Waals surface area contributed by atoms with Crippen LogP contribution in [0.1, 0.15) is 31.2 Å². The minimum absolute atomic E-state index is 0.00342. The first-order chi connectivity index (χ1) is 9.95. The third kappa shape index (κ3) is 3.93. The molecule has 1 aliphatic carbocycles. The van der Waals surface area contributed by atoms with Gasteiger partial charge in [0.15, 0.2) is 0 Å². The summed E-state index contributed by atoms with van der Waals surface area (Å²) in [6.45, 7) is 2.11. The van der Waals surface area contributed by atoms with Crippen LogP contribution in [-0.2, 0) is 14.8 Å². The van der Waals surface area contributed by atoms with E-state index in [4.69, 9.17) is 0 Å². The Morgan fingerprint density at radius 3 is 2.38 bits per heavy atom. The number of sulfonamides is 1. The molecule has 0 aliphatic heterocycles. The number of carbonyl (C=O) groups excluding carboxylic acids is 1. The molecule has 1 saturated carbocycles. The predicted molar refractivity (Wildman–Crippen MR) is 86.1 cm³/mol. The number of rotatable bonds is 6. The van der Waals surface area contributed by atoms with E-state index in [2.05, 4.69) is 15.9 Å². The summed E-state index contributed by atoms with van der Waals surface area (Å²) < 4.78 is 27.2. The fraction of sp³-hybridized carbons (Fsp3) is 0.533. The summed E-state index contributed by atoms with van der Waals surface area (Å²) in [6, 6.07) is 6.86. The van der Waals surface area contributed by atoms with Gasteiger partial charge in [0.25, 0.3) is 0 Å². The van der Waals surface area contributed by atoms with E-state index in [0.29, 0.717) is 4.90 Å². The van der Waals surface area contributed by atoms with Crippen molar-refractivity contribution in [1.82, 2.24) is 4.31 Å². The second-order valence-corrected chi connectivity index (χ2v) is 8.54. The average Bonchev–Trinajstić information content (AvgIpc) is 2.98. The third-order valence-corrected chi connectivity index (χ3v) is 6.30. The topological polar surface area (TPSA) is 54.5 Å². The monoisotopic (exact) mass is 373 g/mol. The quantitative estimate of drug-likeness (QED) is 0.568. The summed E-state index contributed by atoms with van der Waals surface area (Å²) in [5.41, 5.74) is 1.02. The standard InChI is InChI=1S/C15H20BrNO3S/c1-12-6-8-15(9-7-12)21(19,20)17(10-13(16)11-18)14-4-2-3-5-14/h6-9,11,13-14H,2-5,10H2,1H3. The largest absolute Gasteiger partial charge is 0.302 e. The van der Waals surface area contributed by atoms with Crippen LogP contribution >= 0.6 is 15.9 Å². The summed E-state index contributed by atoms with van der Waals surface area (Å²) in [5.74, 6) is 0. The van der Waals surface area contributed by atoms with Crippen LogP contribution in [0, 0.1) is 6.92 Å². The molecule has 0 saturated heterocycles. The van der Waals surface area contributed by atoms with Crippen molar-refractivity contribution in [3.05, 3.63) is 29.8 Å². The maximum atomic E-state index is 12.9. The van der Waals surface area contributed by atoms with Crippen LogP contribution in [0.5, 0.6) is 0 Å². The first-order valence-electron chi connectivity index (χ1n) is 7.13. The number of hydrogen-bond acceptors (Lipinski definition) is 3. The van der Waals surface area contributed by atoms with Gasteiger partial charge in [-0.1, -0.05) is 46.5 Å². The highest BCUT2D eigenvalue weighted by Crippen LogP contribution is 2.29. The molecule has 2 rings (SSSR count). The van der Waals surface area contributed by atoms with Gasteiger partial charge < -0.3 is 4.79 Å². The van der Waals surface area contributed by atoms with Gasteiger partial charge in [0.1, 0.15) is 6.29 Å².